The van der Waals surface area contributed by atoms with Crippen LogP contribution < -0.4 is 20.1 Å². The van der Waals surface area contributed by atoms with Gasteiger partial charge in [0.15, 0.2) is 0 Å². The standard InChI is InChI=1S/C12H20N2O2/c1-13-6-7-14-9-10-4-5-11(15-2)8-12(10)16-3/h4-5,8,13-14H,6-7,9H2,1-3H3. The molecule has 1 rings (SSSR count). The van der Waals surface area contributed by atoms with E-state index in [9.17, 15) is 0 Å². The van der Waals surface area contributed by atoms with Gasteiger partial charge >= 0.3 is 0 Å². The second-order valence-electron chi connectivity index (χ2n) is 3.46. The highest BCUT2D eigenvalue weighted by atomic mass is 16.5. The van der Waals surface area contributed by atoms with Crippen LogP contribution in [-0.4, -0.2) is 34.4 Å². The summed E-state index contributed by atoms with van der Waals surface area (Å²) in [5.41, 5.74) is 1.14. The van der Waals surface area contributed by atoms with Crippen molar-refractivity contribution in [2.75, 3.05) is 34.4 Å². The second-order valence-corrected chi connectivity index (χ2v) is 3.46. The van der Waals surface area contributed by atoms with Crippen molar-refractivity contribution in [3.05, 3.63) is 23.8 Å². The zero-order valence-electron chi connectivity index (χ0n) is 10.2. The van der Waals surface area contributed by atoms with Gasteiger partial charge in [-0.15, -0.1) is 0 Å². The van der Waals surface area contributed by atoms with Gasteiger partial charge in [0.25, 0.3) is 0 Å². The predicted molar refractivity (Wildman–Crippen MR) is 65.2 cm³/mol. The number of nitrogens with one attached hydrogen (secondary N) is 2. The molecule has 0 spiro atoms. The fourth-order valence-electron chi connectivity index (χ4n) is 1.43. The Hall–Kier alpha value is -1.26. The first-order chi connectivity index (χ1) is 7.81. The summed E-state index contributed by atoms with van der Waals surface area (Å²) in [4.78, 5) is 0. The van der Waals surface area contributed by atoms with Crippen LogP contribution in [0.1, 0.15) is 5.56 Å². The molecule has 0 aliphatic carbocycles. The van der Waals surface area contributed by atoms with E-state index in [0.717, 1.165) is 36.7 Å². The summed E-state index contributed by atoms with van der Waals surface area (Å²) in [6.45, 7) is 2.69. The van der Waals surface area contributed by atoms with E-state index < -0.39 is 0 Å². The zero-order valence-corrected chi connectivity index (χ0v) is 10.2. The van der Waals surface area contributed by atoms with Crippen molar-refractivity contribution in [2.24, 2.45) is 0 Å². The molecule has 0 aromatic heterocycles. The van der Waals surface area contributed by atoms with Gasteiger partial charge in [0, 0.05) is 31.3 Å². The Balaban J connectivity index is 2.57. The summed E-state index contributed by atoms with van der Waals surface area (Å²) < 4.78 is 10.5. The van der Waals surface area contributed by atoms with Gasteiger partial charge in [-0.05, 0) is 13.1 Å². The van der Waals surface area contributed by atoms with E-state index >= 15 is 0 Å². The van der Waals surface area contributed by atoms with Crippen molar-refractivity contribution in [1.29, 1.82) is 0 Å². The van der Waals surface area contributed by atoms with E-state index in [1.54, 1.807) is 14.2 Å². The maximum absolute atomic E-state index is 5.31. The highest BCUT2D eigenvalue weighted by Gasteiger charge is 2.03. The molecule has 0 unspecified atom stereocenters. The minimum atomic E-state index is 0.800. The minimum absolute atomic E-state index is 0.800. The number of hydrogen-bond donors (Lipinski definition) is 2. The zero-order chi connectivity index (χ0) is 11.8. The third-order valence-electron chi connectivity index (χ3n) is 2.36. The number of methoxy groups -OCH3 is 2. The third kappa shape index (κ3) is 3.72. The lowest BCUT2D eigenvalue weighted by molar-refractivity contribution is 0.390. The summed E-state index contributed by atoms with van der Waals surface area (Å²) in [6.07, 6.45) is 0. The molecule has 0 radical (unpaired) electrons. The van der Waals surface area contributed by atoms with Crippen LogP contribution in [0, 0.1) is 0 Å². The fourth-order valence-corrected chi connectivity index (χ4v) is 1.43. The van der Waals surface area contributed by atoms with Crippen molar-refractivity contribution in [1.82, 2.24) is 10.6 Å². The molecule has 1 aromatic rings. The summed E-state index contributed by atoms with van der Waals surface area (Å²) in [5, 5.41) is 6.42. The molecule has 0 atom stereocenters. The quantitative estimate of drug-likeness (QED) is 0.678. The van der Waals surface area contributed by atoms with Gasteiger partial charge in [-0.3, -0.25) is 0 Å². The van der Waals surface area contributed by atoms with Crippen LogP contribution in [0.2, 0.25) is 0 Å². The summed E-state index contributed by atoms with van der Waals surface area (Å²) in [6, 6.07) is 5.86. The molecular formula is C12H20N2O2. The van der Waals surface area contributed by atoms with Gasteiger partial charge < -0.3 is 20.1 Å². The molecule has 0 saturated carbocycles. The Kier molecular flexibility index (Phi) is 5.67. The molecule has 0 amide bonds. The minimum Gasteiger partial charge on any atom is -0.497 e. The van der Waals surface area contributed by atoms with Crippen LogP contribution in [0.15, 0.2) is 18.2 Å². The molecule has 16 heavy (non-hydrogen) atoms. The Morgan fingerprint density at radius 3 is 2.56 bits per heavy atom. The smallest absolute Gasteiger partial charge is 0.127 e. The first-order valence-corrected chi connectivity index (χ1v) is 5.38. The molecule has 4 heteroatoms. The van der Waals surface area contributed by atoms with Crippen LogP contribution in [-0.2, 0) is 6.54 Å². The van der Waals surface area contributed by atoms with Crippen LogP contribution in [0.5, 0.6) is 11.5 Å². The first kappa shape index (κ1) is 12.8. The highest BCUT2D eigenvalue weighted by molar-refractivity contribution is 5.40. The SMILES string of the molecule is CNCCNCc1ccc(OC)cc1OC. The maximum Gasteiger partial charge on any atom is 0.127 e. The van der Waals surface area contributed by atoms with Crippen LogP contribution in [0.25, 0.3) is 0 Å². The van der Waals surface area contributed by atoms with Gasteiger partial charge in [-0.2, -0.15) is 0 Å². The lowest BCUT2D eigenvalue weighted by Gasteiger charge is -2.11. The third-order valence-corrected chi connectivity index (χ3v) is 2.36. The Bertz CT molecular complexity index is 316. The number of benzene rings is 1. The van der Waals surface area contributed by atoms with Crippen molar-refractivity contribution in [3.8, 4) is 11.5 Å². The van der Waals surface area contributed by atoms with Gasteiger partial charge in [-0.25, -0.2) is 0 Å². The monoisotopic (exact) mass is 224 g/mol. The number of rotatable bonds is 7. The van der Waals surface area contributed by atoms with E-state index in [1.807, 2.05) is 25.2 Å². The van der Waals surface area contributed by atoms with E-state index in [2.05, 4.69) is 10.6 Å². The van der Waals surface area contributed by atoms with Crippen molar-refractivity contribution in [3.63, 3.8) is 0 Å². The van der Waals surface area contributed by atoms with Crippen molar-refractivity contribution < 1.29 is 9.47 Å². The number of hydrogen-bond acceptors (Lipinski definition) is 4. The topological polar surface area (TPSA) is 42.5 Å². The lowest BCUT2D eigenvalue weighted by Crippen LogP contribution is -2.24. The Morgan fingerprint density at radius 2 is 1.94 bits per heavy atom. The first-order valence-electron chi connectivity index (χ1n) is 5.38. The highest BCUT2D eigenvalue weighted by Crippen LogP contribution is 2.24. The number of likely N-dealkylation sites (N-methyl/N-ethyl adjacent to an activating group) is 1. The Labute approximate surface area is 96.9 Å². The maximum atomic E-state index is 5.31. The summed E-state index contributed by atoms with van der Waals surface area (Å²) in [7, 11) is 5.27. The molecule has 0 bridgehead atoms. The summed E-state index contributed by atoms with van der Waals surface area (Å²) in [5.74, 6) is 1.67. The Morgan fingerprint density at radius 1 is 1.12 bits per heavy atom. The van der Waals surface area contributed by atoms with Crippen molar-refractivity contribution >= 4 is 0 Å². The molecule has 90 valence electrons. The van der Waals surface area contributed by atoms with Gasteiger partial charge in [-0.1, -0.05) is 6.07 Å². The average Bonchev–Trinajstić information content (AvgIpc) is 2.34. The molecule has 0 saturated heterocycles. The van der Waals surface area contributed by atoms with E-state index in [1.165, 1.54) is 0 Å². The largest absolute Gasteiger partial charge is 0.497 e. The van der Waals surface area contributed by atoms with E-state index in [-0.39, 0.29) is 0 Å². The lowest BCUT2D eigenvalue weighted by atomic mass is 10.2. The predicted octanol–water partition coefficient (Wildman–Crippen LogP) is 1.01. The molecule has 0 aliphatic rings. The molecule has 4 nitrogen and oxygen atoms in total. The van der Waals surface area contributed by atoms with Gasteiger partial charge in [0.1, 0.15) is 11.5 Å². The summed E-state index contributed by atoms with van der Waals surface area (Å²) >= 11 is 0. The fraction of sp³-hybridized carbons (Fsp3) is 0.500. The normalized spacial score (nSPS) is 10.2. The second kappa shape index (κ2) is 7.09. The molecular weight excluding hydrogens is 204 g/mol. The molecule has 0 heterocycles. The average molecular weight is 224 g/mol. The van der Waals surface area contributed by atoms with Crippen molar-refractivity contribution in [2.45, 2.75) is 6.54 Å². The van der Waals surface area contributed by atoms with Gasteiger partial charge in [0.05, 0.1) is 14.2 Å². The van der Waals surface area contributed by atoms with Crippen LogP contribution in [0.4, 0.5) is 0 Å². The molecule has 0 aliphatic heterocycles. The van der Waals surface area contributed by atoms with Gasteiger partial charge in [0.2, 0.25) is 0 Å². The molecule has 2 N–H and O–H groups in total. The molecule has 0 fully saturated rings. The molecule has 1 aromatic carbocycles. The van der Waals surface area contributed by atoms with Crippen LogP contribution in [0.3, 0.4) is 0 Å². The van der Waals surface area contributed by atoms with Crippen LogP contribution >= 0.6 is 0 Å². The van der Waals surface area contributed by atoms with E-state index in [4.69, 9.17) is 9.47 Å². The van der Waals surface area contributed by atoms with E-state index in [0.29, 0.717) is 0 Å². The number of ether oxygens (including phenoxy) is 2.